The summed E-state index contributed by atoms with van der Waals surface area (Å²) < 4.78 is 27.4. The Bertz CT molecular complexity index is 1400. The third kappa shape index (κ3) is 8.35. The molecule has 3 aromatic rings. The van der Waals surface area contributed by atoms with E-state index in [0.717, 1.165) is 33.6 Å². The molecule has 0 atom stereocenters. The van der Waals surface area contributed by atoms with Gasteiger partial charge >= 0.3 is 0 Å². The molecule has 6 nitrogen and oxygen atoms in total. The van der Waals surface area contributed by atoms with Crippen LogP contribution in [0.15, 0.2) is 76.7 Å². The molecule has 2 aliphatic rings. The summed E-state index contributed by atoms with van der Waals surface area (Å²) in [7, 11) is 3.03. The first-order chi connectivity index (χ1) is 18.4. The van der Waals surface area contributed by atoms with Crippen LogP contribution >= 0.6 is 0 Å². The average Bonchev–Trinajstić information content (AvgIpc) is 3.44. The Kier molecular flexibility index (Phi) is 10.1. The first-order valence-electron chi connectivity index (χ1n) is 13.1. The van der Waals surface area contributed by atoms with Gasteiger partial charge in [-0.1, -0.05) is 48.0 Å². The van der Waals surface area contributed by atoms with E-state index in [-0.39, 0.29) is 22.0 Å². The Morgan fingerprint density at radius 3 is 1.82 bits per heavy atom. The fourth-order valence-electron chi connectivity index (χ4n) is 4.13. The molecule has 6 radical (unpaired) electrons. The minimum absolute atomic E-state index is 0. The van der Waals surface area contributed by atoms with Gasteiger partial charge in [-0.3, -0.25) is 0 Å². The lowest BCUT2D eigenvalue weighted by Crippen LogP contribution is -2.17. The van der Waals surface area contributed by atoms with Gasteiger partial charge in [-0.25, -0.2) is 9.98 Å². The summed E-state index contributed by atoms with van der Waals surface area (Å²) in [5.74, 6) is 2.13. The van der Waals surface area contributed by atoms with E-state index in [2.05, 4.69) is 96.7 Å². The number of rotatable bonds is 6. The van der Waals surface area contributed by atoms with Crippen LogP contribution < -0.4 is 4.74 Å². The van der Waals surface area contributed by atoms with Crippen LogP contribution in [0.5, 0.6) is 5.75 Å². The quantitative estimate of drug-likeness (QED) is 0.361. The second-order valence-corrected chi connectivity index (χ2v) is 12.4. The lowest BCUT2D eigenvalue weighted by atomic mass is 9.98. The Morgan fingerprint density at radius 1 is 0.825 bits per heavy atom. The Morgan fingerprint density at radius 2 is 1.32 bits per heavy atom. The van der Waals surface area contributed by atoms with Crippen molar-refractivity contribution >= 4 is 38.8 Å². The summed E-state index contributed by atoms with van der Waals surface area (Å²) in [5, 5.41) is 0. The van der Waals surface area contributed by atoms with Crippen LogP contribution in [0.1, 0.15) is 49.9 Å². The summed E-state index contributed by atoms with van der Waals surface area (Å²) in [5.41, 5.74) is 5.89. The molecule has 9 heteroatoms. The fourth-order valence-corrected chi connectivity index (χ4v) is 4.13. The van der Waals surface area contributed by atoms with Crippen LogP contribution in [0.2, 0.25) is 6.55 Å². The zero-order valence-electron chi connectivity index (χ0n) is 24.1. The van der Waals surface area contributed by atoms with Crippen molar-refractivity contribution in [3.63, 3.8) is 0 Å². The maximum absolute atomic E-state index is 9.41. The van der Waals surface area contributed by atoms with Crippen molar-refractivity contribution in [3.8, 4) is 16.9 Å². The van der Waals surface area contributed by atoms with E-state index >= 15 is 0 Å². The van der Waals surface area contributed by atoms with Crippen LogP contribution in [0, 0.1) is 6.92 Å². The Labute approximate surface area is 244 Å². The summed E-state index contributed by atoms with van der Waals surface area (Å²) in [4.78, 5) is 9.62. The summed E-state index contributed by atoms with van der Waals surface area (Å²) >= 11 is 0. The average molecular weight is 567 g/mol. The first kappa shape index (κ1) is 31.2. The van der Waals surface area contributed by atoms with E-state index < -0.39 is 8.55 Å². The first-order valence-corrected chi connectivity index (χ1v) is 15.0. The molecule has 0 N–H and O–H groups in total. The summed E-state index contributed by atoms with van der Waals surface area (Å²) in [6.07, 6.45) is 0. The Balaban J connectivity index is 0.000000828. The number of aryl methyl sites for hydroxylation is 1. The van der Waals surface area contributed by atoms with Crippen molar-refractivity contribution in [2.75, 3.05) is 13.2 Å². The predicted octanol–water partition coefficient (Wildman–Crippen LogP) is 5.67. The Hall–Kier alpha value is -3.30. The minimum atomic E-state index is -1.63. The number of hydrogen-bond acceptors (Lipinski definition) is 6. The van der Waals surface area contributed by atoms with E-state index in [9.17, 15) is 4.46 Å². The number of hydrogen-bond donors (Lipinski definition) is 0. The molecule has 0 unspecified atom stereocenters. The molecule has 0 aromatic heterocycles. The van der Waals surface area contributed by atoms with Crippen LogP contribution in [-0.4, -0.2) is 63.0 Å². The molecular formula is C31H35BN2O4Si2. The molecule has 40 heavy (non-hydrogen) atoms. The van der Waals surface area contributed by atoms with Gasteiger partial charge in [0.05, 0.1) is 11.1 Å². The highest BCUT2D eigenvalue weighted by Crippen LogP contribution is 2.31. The second kappa shape index (κ2) is 12.9. The van der Waals surface area contributed by atoms with Crippen molar-refractivity contribution in [3.05, 3.63) is 89.0 Å². The third-order valence-corrected chi connectivity index (χ3v) is 6.13. The van der Waals surface area contributed by atoms with Crippen molar-refractivity contribution in [1.82, 2.24) is 0 Å². The van der Waals surface area contributed by atoms with Gasteiger partial charge in [0, 0.05) is 22.1 Å². The highest BCUT2D eigenvalue weighted by atomic mass is 28.2. The van der Waals surface area contributed by atoms with E-state index in [0.29, 0.717) is 31.6 Å². The van der Waals surface area contributed by atoms with Crippen molar-refractivity contribution < 1.29 is 18.7 Å². The van der Waals surface area contributed by atoms with Gasteiger partial charge in [-0.05, 0) is 82.1 Å². The zero-order valence-corrected chi connectivity index (χ0v) is 26.1. The van der Waals surface area contributed by atoms with Crippen molar-refractivity contribution in [2.24, 2.45) is 9.98 Å². The zero-order chi connectivity index (χ0) is 28.2. The third-order valence-electron chi connectivity index (χ3n) is 6.13. The smallest absolute Gasteiger partial charge is 0.217 e. The monoisotopic (exact) mass is 566 g/mol. The molecule has 5 rings (SSSR count). The molecule has 204 valence electrons. The molecule has 0 fully saturated rings. The fraction of sp³-hybridized carbons (Fsp3) is 0.355. The molecule has 3 aromatic carbocycles. The van der Waals surface area contributed by atoms with E-state index in [1.54, 1.807) is 0 Å². The van der Waals surface area contributed by atoms with Gasteiger partial charge in [0.1, 0.15) is 33.0 Å². The van der Waals surface area contributed by atoms with E-state index in [1.165, 1.54) is 12.1 Å². The van der Waals surface area contributed by atoms with Gasteiger partial charge < -0.3 is 18.7 Å². The van der Waals surface area contributed by atoms with Gasteiger partial charge in [-0.2, -0.15) is 0 Å². The number of ether oxygens (including phenoxy) is 3. The molecule has 0 saturated carbocycles. The lowest BCUT2D eigenvalue weighted by Gasteiger charge is -2.12. The van der Waals surface area contributed by atoms with Crippen LogP contribution in [0.3, 0.4) is 0 Å². The van der Waals surface area contributed by atoms with Gasteiger partial charge in [0.2, 0.25) is 20.3 Å². The second-order valence-electron chi connectivity index (χ2n) is 11.2. The lowest BCUT2D eigenvalue weighted by molar-refractivity contribution is 0.277. The normalized spacial score (nSPS) is 16.2. The van der Waals surface area contributed by atoms with Crippen LogP contribution in [-0.2, 0) is 20.5 Å². The number of nitrogens with zero attached hydrogens (tertiary/aromatic N) is 2. The SMILES string of the molecule is Cc1ccc(COc2ccc(-c3ccc(C4=NC(C)(C)CO4)c(C4=NC(C)(C)CO4)c3)cc2)cc1.[B][Si](C)=O.[Si]. The summed E-state index contributed by atoms with van der Waals surface area (Å²) in [6, 6.07) is 22.9. The molecule has 2 aliphatic heterocycles. The number of aliphatic imine (C=N–C) groups is 2. The minimum Gasteiger partial charge on any atom is -0.489 e. The molecule has 0 aliphatic carbocycles. The topological polar surface area (TPSA) is 69.5 Å². The molecule has 0 amide bonds. The predicted molar refractivity (Wildman–Crippen MR) is 164 cm³/mol. The van der Waals surface area contributed by atoms with E-state index in [4.69, 9.17) is 24.2 Å². The van der Waals surface area contributed by atoms with E-state index in [1.807, 2.05) is 12.1 Å². The van der Waals surface area contributed by atoms with Gasteiger partial charge in [0.15, 0.2) is 0 Å². The van der Waals surface area contributed by atoms with Crippen molar-refractivity contribution in [1.29, 1.82) is 0 Å². The van der Waals surface area contributed by atoms with Crippen molar-refractivity contribution in [2.45, 2.75) is 58.9 Å². The maximum Gasteiger partial charge on any atom is 0.217 e. The summed E-state index contributed by atoms with van der Waals surface area (Å²) in [6.45, 7) is 13.5. The molecule has 0 spiro atoms. The largest absolute Gasteiger partial charge is 0.489 e. The molecule has 0 bridgehead atoms. The van der Waals surface area contributed by atoms with Gasteiger partial charge in [0.25, 0.3) is 0 Å². The standard InChI is InChI=1S/C30H32N2O3.CH3BOSi.Si/c1-20-6-8-21(9-7-20)17-33-24-13-10-22(11-14-24)23-12-15-25(27-31-29(2,3)18-34-27)26(16-23)28-32-30(4,5)19-35-28;1-4(2)3;/h6-16H,17-19H2,1-5H3;1H3;. The van der Waals surface area contributed by atoms with Crippen LogP contribution in [0.4, 0.5) is 0 Å². The van der Waals surface area contributed by atoms with Crippen LogP contribution in [0.25, 0.3) is 11.1 Å². The molecule has 0 saturated heterocycles. The van der Waals surface area contributed by atoms with Gasteiger partial charge in [-0.15, -0.1) is 0 Å². The number of benzene rings is 3. The highest BCUT2D eigenvalue weighted by molar-refractivity contribution is 6.93. The molecular weight excluding hydrogens is 531 g/mol. The molecule has 2 heterocycles. The maximum atomic E-state index is 9.41. The highest BCUT2D eigenvalue weighted by Gasteiger charge is 2.32.